The van der Waals surface area contributed by atoms with Gasteiger partial charge in [-0.25, -0.2) is 0 Å². The number of hydrogen-bond donors (Lipinski definition) is 1. The molecule has 0 saturated heterocycles. The molecule has 0 aliphatic heterocycles. The fourth-order valence-corrected chi connectivity index (χ4v) is 3.18. The van der Waals surface area contributed by atoms with Gasteiger partial charge in [-0.3, -0.25) is 0 Å². The third-order valence-corrected chi connectivity index (χ3v) is 4.89. The first-order chi connectivity index (χ1) is 10.2. The highest BCUT2D eigenvalue weighted by Gasteiger charge is 2.04. The molecule has 21 heavy (non-hydrogen) atoms. The van der Waals surface area contributed by atoms with Gasteiger partial charge >= 0.3 is 0 Å². The normalized spacial score (nSPS) is 10.8. The van der Waals surface area contributed by atoms with Crippen molar-refractivity contribution in [2.45, 2.75) is 16.3 Å². The maximum Gasteiger partial charge on any atom is 0.0587 e. The van der Waals surface area contributed by atoms with Gasteiger partial charge in [-0.2, -0.15) is 0 Å². The molecule has 2 aromatic carbocycles. The molecule has 0 aliphatic carbocycles. The van der Waals surface area contributed by atoms with E-state index in [4.69, 9.17) is 16.3 Å². The number of rotatable bonds is 7. The second kappa shape index (κ2) is 8.81. The average molecular weight is 387 g/mol. The van der Waals surface area contributed by atoms with Gasteiger partial charge in [0.1, 0.15) is 0 Å². The fourth-order valence-electron chi connectivity index (χ4n) is 1.77. The Bertz CT molecular complexity index is 577. The van der Waals surface area contributed by atoms with E-state index in [1.807, 2.05) is 18.2 Å². The van der Waals surface area contributed by atoms with Gasteiger partial charge in [0.05, 0.1) is 11.6 Å². The Balaban J connectivity index is 1.97. The van der Waals surface area contributed by atoms with E-state index in [2.05, 4.69) is 45.5 Å². The summed E-state index contributed by atoms with van der Waals surface area (Å²) in [5.74, 6) is 0. The van der Waals surface area contributed by atoms with E-state index in [9.17, 15) is 0 Å². The van der Waals surface area contributed by atoms with Gasteiger partial charge in [-0.05, 0) is 42.0 Å². The van der Waals surface area contributed by atoms with Crippen LogP contribution >= 0.6 is 39.3 Å². The summed E-state index contributed by atoms with van der Waals surface area (Å²) in [4.78, 5) is 2.24. The molecule has 0 saturated carbocycles. The van der Waals surface area contributed by atoms with Gasteiger partial charge < -0.3 is 10.1 Å². The van der Waals surface area contributed by atoms with Crippen molar-refractivity contribution in [2.75, 3.05) is 20.3 Å². The van der Waals surface area contributed by atoms with Crippen LogP contribution in [0.2, 0.25) is 5.02 Å². The van der Waals surface area contributed by atoms with Crippen LogP contribution in [0.1, 0.15) is 5.56 Å². The molecule has 0 radical (unpaired) electrons. The third kappa shape index (κ3) is 5.64. The Hall–Kier alpha value is -0.520. The molecule has 2 rings (SSSR count). The molecule has 1 N–H and O–H groups in total. The summed E-state index contributed by atoms with van der Waals surface area (Å²) in [6, 6.07) is 14.4. The first kappa shape index (κ1) is 16.8. The Morgan fingerprint density at radius 2 is 1.95 bits per heavy atom. The van der Waals surface area contributed by atoms with Gasteiger partial charge in [-0.1, -0.05) is 45.4 Å². The highest BCUT2D eigenvalue weighted by atomic mass is 79.9. The lowest BCUT2D eigenvalue weighted by Crippen LogP contribution is -2.18. The van der Waals surface area contributed by atoms with Crippen LogP contribution in [0.25, 0.3) is 0 Å². The molecule has 112 valence electrons. The minimum atomic E-state index is 0.714. The summed E-state index contributed by atoms with van der Waals surface area (Å²) >= 11 is 11.5. The van der Waals surface area contributed by atoms with Gasteiger partial charge in [0.2, 0.25) is 0 Å². The molecule has 0 amide bonds. The minimum absolute atomic E-state index is 0.714. The lowest BCUT2D eigenvalue weighted by atomic mass is 10.2. The summed E-state index contributed by atoms with van der Waals surface area (Å²) in [5.41, 5.74) is 1.18. The molecule has 0 atom stereocenters. The van der Waals surface area contributed by atoms with E-state index in [0.29, 0.717) is 6.61 Å². The first-order valence-electron chi connectivity index (χ1n) is 6.60. The van der Waals surface area contributed by atoms with E-state index in [1.54, 1.807) is 18.9 Å². The van der Waals surface area contributed by atoms with Gasteiger partial charge in [0, 0.05) is 34.5 Å². The number of methoxy groups -OCH3 is 1. The SMILES string of the molecule is COCCNCc1ccc(Sc2ccc(Br)cc2)c(Cl)c1. The van der Waals surface area contributed by atoms with Crippen LogP contribution < -0.4 is 5.32 Å². The maximum absolute atomic E-state index is 6.37. The Labute approximate surface area is 143 Å². The summed E-state index contributed by atoms with van der Waals surface area (Å²) in [5, 5.41) is 4.10. The Morgan fingerprint density at radius 3 is 2.62 bits per heavy atom. The molecular formula is C16H17BrClNOS. The van der Waals surface area contributed by atoms with Gasteiger partial charge in [0.15, 0.2) is 0 Å². The highest BCUT2D eigenvalue weighted by molar-refractivity contribution is 9.10. The van der Waals surface area contributed by atoms with Crippen LogP contribution in [-0.4, -0.2) is 20.3 Å². The fraction of sp³-hybridized carbons (Fsp3) is 0.250. The van der Waals surface area contributed by atoms with Crippen LogP contribution in [0.3, 0.4) is 0 Å². The van der Waals surface area contributed by atoms with Crippen molar-refractivity contribution in [3.05, 3.63) is 57.5 Å². The van der Waals surface area contributed by atoms with Gasteiger partial charge in [-0.15, -0.1) is 0 Å². The van der Waals surface area contributed by atoms with Crippen LogP contribution in [-0.2, 0) is 11.3 Å². The topological polar surface area (TPSA) is 21.3 Å². The zero-order chi connectivity index (χ0) is 15.1. The summed E-state index contributed by atoms with van der Waals surface area (Å²) in [6.07, 6.45) is 0. The molecule has 0 fully saturated rings. The van der Waals surface area contributed by atoms with Crippen molar-refractivity contribution >= 4 is 39.3 Å². The Morgan fingerprint density at radius 1 is 1.19 bits per heavy atom. The van der Waals surface area contributed by atoms with Crippen molar-refractivity contribution < 1.29 is 4.74 Å². The highest BCUT2D eigenvalue weighted by Crippen LogP contribution is 2.34. The van der Waals surface area contributed by atoms with Crippen LogP contribution in [0.5, 0.6) is 0 Å². The molecule has 0 heterocycles. The smallest absolute Gasteiger partial charge is 0.0587 e. The molecule has 0 bridgehead atoms. The van der Waals surface area contributed by atoms with Crippen LogP contribution in [0.15, 0.2) is 56.7 Å². The zero-order valence-corrected chi connectivity index (χ0v) is 14.9. The van der Waals surface area contributed by atoms with E-state index in [-0.39, 0.29) is 0 Å². The average Bonchev–Trinajstić information content (AvgIpc) is 2.48. The number of benzene rings is 2. The molecule has 0 unspecified atom stereocenters. The van der Waals surface area contributed by atoms with E-state index in [1.165, 1.54) is 10.5 Å². The predicted octanol–water partition coefficient (Wildman–Crippen LogP) is 4.99. The van der Waals surface area contributed by atoms with E-state index in [0.717, 1.165) is 27.5 Å². The Kier molecular flexibility index (Phi) is 7.07. The van der Waals surface area contributed by atoms with Gasteiger partial charge in [0.25, 0.3) is 0 Å². The molecule has 2 nitrogen and oxygen atoms in total. The largest absolute Gasteiger partial charge is 0.383 e. The molecule has 0 aromatic heterocycles. The van der Waals surface area contributed by atoms with E-state index >= 15 is 0 Å². The molecular weight excluding hydrogens is 370 g/mol. The maximum atomic E-state index is 6.37. The van der Waals surface area contributed by atoms with E-state index < -0.39 is 0 Å². The third-order valence-electron chi connectivity index (χ3n) is 2.85. The number of halogens is 2. The molecule has 2 aromatic rings. The zero-order valence-electron chi connectivity index (χ0n) is 11.7. The summed E-state index contributed by atoms with van der Waals surface area (Å²) in [7, 11) is 1.70. The quantitative estimate of drug-likeness (QED) is 0.677. The number of nitrogens with one attached hydrogen (secondary N) is 1. The summed E-state index contributed by atoms with van der Waals surface area (Å²) < 4.78 is 6.08. The van der Waals surface area contributed by atoms with Crippen LogP contribution in [0, 0.1) is 0 Å². The van der Waals surface area contributed by atoms with Crippen molar-refractivity contribution in [3.63, 3.8) is 0 Å². The number of ether oxygens (including phenoxy) is 1. The lowest BCUT2D eigenvalue weighted by Gasteiger charge is -2.08. The molecule has 0 aliphatic rings. The first-order valence-corrected chi connectivity index (χ1v) is 8.59. The monoisotopic (exact) mass is 385 g/mol. The van der Waals surface area contributed by atoms with Crippen molar-refractivity contribution in [1.29, 1.82) is 0 Å². The second-order valence-corrected chi connectivity index (χ2v) is 6.93. The summed E-state index contributed by atoms with van der Waals surface area (Å²) in [6.45, 7) is 2.35. The van der Waals surface area contributed by atoms with Crippen molar-refractivity contribution in [1.82, 2.24) is 5.32 Å². The second-order valence-electron chi connectivity index (χ2n) is 4.49. The van der Waals surface area contributed by atoms with Crippen LogP contribution in [0.4, 0.5) is 0 Å². The lowest BCUT2D eigenvalue weighted by molar-refractivity contribution is 0.199. The van der Waals surface area contributed by atoms with Crippen molar-refractivity contribution in [3.8, 4) is 0 Å². The molecule has 5 heteroatoms. The number of hydrogen-bond acceptors (Lipinski definition) is 3. The van der Waals surface area contributed by atoms with Crippen molar-refractivity contribution in [2.24, 2.45) is 0 Å². The predicted molar refractivity (Wildman–Crippen MR) is 93.3 cm³/mol. The minimum Gasteiger partial charge on any atom is -0.383 e. The standard InChI is InChI=1S/C16H17BrClNOS/c1-20-9-8-19-11-12-2-7-16(15(18)10-12)21-14-5-3-13(17)4-6-14/h2-7,10,19H,8-9,11H2,1H3. The molecule has 0 spiro atoms.